The molecule has 1 saturated heterocycles. The summed E-state index contributed by atoms with van der Waals surface area (Å²) in [7, 11) is 2.08. The van der Waals surface area contributed by atoms with Gasteiger partial charge < -0.3 is 21.3 Å². The van der Waals surface area contributed by atoms with E-state index in [4.69, 9.17) is 11.5 Å². The summed E-state index contributed by atoms with van der Waals surface area (Å²) in [6.45, 7) is 5.26. The fourth-order valence-corrected chi connectivity index (χ4v) is 4.66. The maximum absolute atomic E-state index is 5.93. The van der Waals surface area contributed by atoms with E-state index in [0.29, 0.717) is 5.92 Å². The van der Waals surface area contributed by atoms with Crippen LogP contribution in [0.2, 0.25) is 0 Å². The maximum Gasteiger partial charge on any atom is 0.243 e. The molecule has 0 unspecified atom stereocenters. The van der Waals surface area contributed by atoms with Crippen molar-refractivity contribution in [2.45, 2.75) is 32.2 Å². The molecule has 1 aliphatic rings. The normalized spacial score (nSPS) is 15.9. The molecule has 170 valence electrons. The van der Waals surface area contributed by atoms with Crippen LogP contribution in [-0.4, -0.2) is 30.7 Å². The van der Waals surface area contributed by atoms with Crippen LogP contribution in [0.15, 0.2) is 67.3 Å². The summed E-state index contributed by atoms with van der Waals surface area (Å²) in [5.74, 6) is 0.713. The van der Waals surface area contributed by atoms with Gasteiger partial charge in [0.2, 0.25) is 6.33 Å². The topological polar surface area (TPSA) is 67.3 Å². The Bertz CT molecular complexity index is 905. The average Bonchev–Trinajstić information content (AvgIpc) is 3.24. The SMILES string of the molecule is C[n+]1ccn(CCCC2CCN(c3ccc(N)cc3)CCN(c3ccc(N)cc3)CC2)c1. The summed E-state index contributed by atoms with van der Waals surface area (Å²) in [4.78, 5) is 5.04. The molecule has 0 aliphatic carbocycles. The standard InChI is InChI=1S/C26H37N6/c1-29-17-18-30(21-29)14-2-3-22-12-15-31(25-8-4-23(27)5-9-25)19-20-32(16-13-22)26-10-6-24(28)7-11-26/h4-11,17-18,21-22H,2-3,12-16,19-20,27-28H2,1H3/q+1. The van der Waals surface area contributed by atoms with Crippen molar-refractivity contribution in [3.05, 3.63) is 67.3 Å². The largest absolute Gasteiger partial charge is 0.399 e. The van der Waals surface area contributed by atoms with Gasteiger partial charge in [0.1, 0.15) is 12.4 Å². The molecule has 0 atom stereocenters. The van der Waals surface area contributed by atoms with Crippen molar-refractivity contribution in [1.82, 2.24) is 4.57 Å². The number of hydrogen-bond donors (Lipinski definition) is 2. The number of aromatic nitrogens is 2. The lowest BCUT2D eigenvalue weighted by Gasteiger charge is -2.29. The number of anilines is 4. The fraction of sp³-hybridized carbons (Fsp3) is 0.423. The molecule has 1 aliphatic heterocycles. The Hall–Kier alpha value is -3.15. The van der Waals surface area contributed by atoms with Gasteiger partial charge in [0.15, 0.2) is 0 Å². The monoisotopic (exact) mass is 433 g/mol. The second kappa shape index (κ2) is 10.4. The van der Waals surface area contributed by atoms with E-state index in [2.05, 4.69) is 69.0 Å². The van der Waals surface area contributed by atoms with Crippen molar-refractivity contribution >= 4 is 22.7 Å². The maximum atomic E-state index is 5.93. The van der Waals surface area contributed by atoms with E-state index < -0.39 is 0 Å². The number of nitrogen functional groups attached to an aromatic ring is 2. The molecule has 6 nitrogen and oxygen atoms in total. The predicted molar refractivity (Wildman–Crippen MR) is 134 cm³/mol. The van der Waals surface area contributed by atoms with E-state index in [0.717, 1.165) is 44.1 Å². The first-order valence-corrected chi connectivity index (χ1v) is 11.8. The van der Waals surface area contributed by atoms with Crippen molar-refractivity contribution in [3.63, 3.8) is 0 Å². The summed E-state index contributed by atoms with van der Waals surface area (Å²) >= 11 is 0. The van der Waals surface area contributed by atoms with Crippen molar-refractivity contribution < 1.29 is 4.57 Å². The smallest absolute Gasteiger partial charge is 0.243 e. The Morgan fingerprint density at radius 1 is 0.812 bits per heavy atom. The summed E-state index contributed by atoms with van der Waals surface area (Å²) < 4.78 is 4.39. The van der Waals surface area contributed by atoms with E-state index >= 15 is 0 Å². The van der Waals surface area contributed by atoms with Crippen LogP contribution < -0.4 is 25.8 Å². The van der Waals surface area contributed by atoms with Gasteiger partial charge in [0.25, 0.3) is 0 Å². The Balaban J connectivity index is 1.45. The summed E-state index contributed by atoms with van der Waals surface area (Å²) in [6, 6.07) is 16.7. The molecule has 6 heteroatoms. The number of benzene rings is 2. The lowest BCUT2D eigenvalue weighted by atomic mass is 9.95. The molecule has 0 radical (unpaired) electrons. The molecule has 1 fully saturated rings. The molecule has 0 amide bonds. The van der Waals surface area contributed by atoms with Crippen LogP contribution in [0.25, 0.3) is 0 Å². The number of rotatable bonds is 6. The number of nitrogens with two attached hydrogens (primary N) is 2. The Morgan fingerprint density at radius 2 is 1.34 bits per heavy atom. The van der Waals surface area contributed by atoms with Crippen molar-refractivity contribution in [2.24, 2.45) is 13.0 Å². The minimum atomic E-state index is 0.713. The molecule has 32 heavy (non-hydrogen) atoms. The zero-order valence-corrected chi connectivity index (χ0v) is 19.2. The minimum Gasteiger partial charge on any atom is -0.399 e. The van der Waals surface area contributed by atoms with Gasteiger partial charge in [-0.15, -0.1) is 0 Å². The molecule has 1 aromatic heterocycles. The highest BCUT2D eigenvalue weighted by atomic mass is 15.2. The van der Waals surface area contributed by atoms with Crippen LogP contribution >= 0.6 is 0 Å². The summed E-state index contributed by atoms with van der Waals surface area (Å²) in [5.41, 5.74) is 16.0. The molecule has 0 bridgehead atoms. The molecule has 4 N–H and O–H groups in total. The molecule has 3 aromatic rings. The highest BCUT2D eigenvalue weighted by Gasteiger charge is 2.19. The van der Waals surface area contributed by atoms with Gasteiger partial charge in [-0.05, 0) is 80.1 Å². The molecular formula is C26H37N6+. The lowest BCUT2D eigenvalue weighted by Crippen LogP contribution is -2.35. The zero-order chi connectivity index (χ0) is 22.3. The van der Waals surface area contributed by atoms with E-state index in [9.17, 15) is 0 Å². The van der Waals surface area contributed by atoms with E-state index in [-0.39, 0.29) is 0 Å². The van der Waals surface area contributed by atoms with E-state index in [1.165, 1.54) is 37.1 Å². The summed E-state index contributed by atoms with van der Waals surface area (Å²) in [6.07, 6.45) is 11.3. The highest BCUT2D eigenvalue weighted by Crippen LogP contribution is 2.25. The van der Waals surface area contributed by atoms with Gasteiger partial charge in [-0.3, -0.25) is 0 Å². The Labute approximate surface area is 192 Å². The Morgan fingerprint density at radius 3 is 1.81 bits per heavy atom. The number of imidazole rings is 1. The highest BCUT2D eigenvalue weighted by molar-refractivity contribution is 5.55. The number of nitrogens with zero attached hydrogens (tertiary/aromatic N) is 4. The fourth-order valence-electron chi connectivity index (χ4n) is 4.66. The number of hydrogen-bond acceptors (Lipinski definition) is 4. The minimum absolute atomic E-state index is 0.713. The van der Waals surface area contributed by atoms with E-state index in [1.54, 1.807) is 0 Å². The van der Waals surface area contributed by atoms with Gasteiger partial charge in [-0.2, -0.15) is 0 Å². The Kier molecular flexibility index (Phi) is 7.20. The predicted octanol–water partition coefficient (Wildman–Crippen LogP) is 3.68. The van der Waals surface area contributed by atoms with Crippen LogP contribution in [0.4, 0.5) is 22.7 Å². The first-order valence-electron chi connectivity index (χ1n) is 11.8. The average molecular weight is 434 g/mol. The molecule has 2 aromatic carbocycles. The van der Waals surface area contributed by atoms with E-state index in [1.807, 2.05) is 24.3 Å². The van der Waals surface area contributed by atoms with Crippen LogP contribution in [0.3, 0.4) is 0 Å². The molecule has 4 rings (SSSR count). The zero-order valence-electron chi connectivity index (χ0n) is 19.2. The molecular weight excluding hydrogens is 396 g/mol. The van der Waals surface area contributed by atoms with Crippen molar-refractivity contribution in [1.29, 1.82) is 0 Å². The lowest BCUT2D eigenvalue weighted by molar-refractivity contribution is -0.671. The van der Waals surface area contributed by atoms with Crippen LogP contribution in [0, 0.1) is 5.92 Å². The van der Waals surface area contributed by atoms with Crippen LogP contribution in [0.1, 0.15) is 25.7 Å². The van der Waals surface area contributed by atoms with Gasteiger partial charge in [0, 0.05) is 48.9 Å². The second-order valence-corrected chi connectivity index (χ2v) is 9.06. The van der Waals surface area contributed by atoms with Gasteiger partial charge in [-0.1, -0.05) is 0 Å². The van der Waals surface area contributed by atoms with Crippen molar-refractivity contribution in [2.75, 3.05) is 47.4 Å². The molecule has 0 saturated carbocycles. The molecule has 2 heterocycles. The van der Waals surface area contributed by atoms with Crippen LogP contribution in [0.5, 0.6) is 0 Å². The quantitative estimate of drug-likeness (QED) is 0.460. The van der Waals surface area contributed by atoms with Gasteiger partial charge >= 0.3 is 0 Å². The molecule has 0 spiro atoms. The third-order valence-electron chi connectivity index (χ3n) is 6.62. The van der Waals surface area contributed by atoms with Gasteiger partial charge in [0.05, 0.1) is 13.6 Å². The second-order valence-electron chi connectivity index (χ2n) is 9.06. The van der Waals surface area contributed by atoms with Crippen LogP contribution in [-0.2, 0) is 13.6 Å². The summed E-state index contributed by atoms with van der Waals surface area (Å²) in [5, 5.41) is 0. The third kappa shape index (κ3) is 5.96. The van der Waals surface area contributed by atoms with Crippen molar-refractivity contribution in [3.8, 4) is 0 Å². The van der Waals surface area contributed by atoms with Gasteiger partial charge in [-0.25, -0.2) is 9.13 Å². The number of aryl methyl sites for hydroxylation is 2. The first kappa shape index (κ1) is 22.1. The first-order chi connectivity index (χ1) is 15.6. The third-order valence-corrected chi connectivity index (χ3v) is 6.62.